The first-order valence-corrected chi connectivity index (χ1v) is 5.57. The van der Waals surface area contributed by atoms with Crippen LogP contribution in [0.1, 0.15) is 6.92 Å². The van der Waals surface area contributed by atoms with E-state index in [9.17, 15) is 0 Å². The minimum Gasteiger partial charge on any atom is -0.494 e. The van der Waals surface area contributed by atoms with Crippen LogP contribution in [0.25, 0.3) is 11.3 Å². The van der Waals surface area contributed by atoms with E-state index in [-0.39, 0.29) is 0 Å². The highest BCUT2D eigenvalue weighted by molar-refractivity contribution is 5.60. The third kappa shape index (κ3) is 2.72. The molecule has 0 spiro atoms. The van der Waals surface area contributed by atoms with Crippen molar-refractivity contribution >= 4 is 5.95 Å². The lowest BCUT2D eigenvalue weighted by atomic mass is 10.1. The van der Waals surface area contributed by atoms with Crippen LogP contribution < -0.4 is 10.1 Å². The van der Waals surface area contributed by atoms with E-state index in [1.54, 1.807) is 13.2 Å². The van der Waals surface area contributed by atoms with E-state index in [1.165, 1.54) is 0 Å². The summed E-state index contributed by atoms with van der Waals surface area (Å²) in [5.41, 5.74) is 1.94. The summed E-state index contributed by atoms with van der Waals surface area (Å²) in [7, 11) is 1.80. The molecule has 1 N–H and O–H groups in total. The third-order valence-electron chi connectivity index (χ3n) is 2.34. The average Bonchev–Trinajstić information content (AvgIpc) is 2.40. The zero-order valence-electron chi connectivity index (χ0n) is 9.97. The summed E-state index contributed by atoms with van der Waals surface area (Å²) in [4.78, 5) is 8.46. The second-order valence-electron chi connectivity index (χ2n) is 3.47. The van der Waals surface area contributed by atoms with Gasteiger partial charge in [-0.1, -0.05) is 0 Å². The maximum atomic E-state index is 5.40. The molecule has 0 bridgehead atoms. The molecule has 88 valence electrons. The summed E-state index contributed by atoms with van der Waals surface area (Å²) < 4.78 is 5.40. The Morgan fingerprint density at radius 2 is 1.94 bits per heavy atom. The van der Waals surface area contributed by atoms with Crippen molar-refractivity contribution in [2.24, 2.45) is 0 Å². The van der Waals surface area contributed by atoms with Crippen molar-refractivity contribution in [3.63, 3.8) is 0 Å². The van der Waals surface area contributed by atoms with E-state index >= 15 is 0 Å². The topological polar surface area (TPSA) is 47.0 Å². The van der Waals surface area contributed by atoms with Gasteiger partial charge in [-0.15, -0.1) is 0 Å². The van der Waals surface area contributed by atoms with Crippen molar-refractivity contribution in [1.29, 1.82) is 0 Å². The predicted molar refractivity (Wildman–Crippen MR) is 68.2 cm³/mol. The van der Waals surface area contributed by atoms with Crippen LogP contribution in [0.3, 0.4) is 0 Å². The van der Waals surface area contributed by atoms with Gasteiger partial charge in [0.15, 0.2) is 0 Å². The van der Waals surface area contributed by atoms with Crippen LogP contribution in [0.15, 0.2) is 36.5 Å². The van der Waals surface area contributed by atoms with Crippen molar-refractivity contribution in [3.8, 4) is 17.0 Å². The third-order valence-corrected chi connectivity index (χ3v) is 2.34. The Hall–Kier alpha value is -2.10. The van der Waals surface area contributed by atoms with E-state index in [4.69, 9.17) is 4.74 Å². The summed E-state index contributed by atoms with van der Waals surface area (Å²) in [6.07, 6.45) is 1.74. The second-order valence-corrected chi connectivity index (χ2v) is 3.47. The van der Waals surface area contributed by atoms with Gasteiger partial charge in [0.2, 0.25) is 5.95 Å². The Morgan fingerprint density at radius 3 is 2.59 bits per heavy atom. The van der Waals surface area contributed by atoms with Gasteiger partial charge >= 0.3 is 0 Å². The molecule has 0 amide bonds. The SMILES string of the molecule is CCOc1ccc(-c2ccnc(NC)n2)cc1. The van der Waals surface area contributed by atoms with E-state index in [0.29, 0.717) is 12.6 Å². The molecule has 0 aliphatic rings. The van der Waals surface area contributed by atoms with Crippen molar-refractivity contribution in [3.05, 3.63) is 36.5 Å². The molecule has 0 radical (unpaired) electrons. The number of anilines is 1. The Labute approximate surface area is 101 Å². The summed E-state index contributed by atoms with van der Waals surface area (Å²) in [5.74, 6) is 1.50. The number of hydrogen-bond acceptors (Lipinski definition) is 4. The molecule has 17 heavy (non-hydrogen) atoms. The number of rotatable bonds is 4. The fourth-order valence-corrected chi connectivity index (χ4v) is 1.53. The highest BCUT2D eigenvalue weighted by Crippen LogP contribution is 2.21. The van der Waals surface area contributed by atoms with Crippen LogP contribution in [0.5, 0.6) is 5.75 Å². The summed E-state index contributed by atoms with van der Waals surface area (Å²) in [6.45, 7) is 2.65. The molecular formula is C13H15N3O. The number of nitrogens with zero attached hydrogens (tertiary/aromatic N) is 2. The van der Waals surface area contributed by atoms with Gasteiger partial charge in [-0.05, 0) is 37.3 Å². The number of hydrogen-bond donors (Lipinski definition) is 1. The first-order chi connectivity index (χ1) is 8.33. The molecule has 1 aromatic heterocycles. The molecule has 0 fully saturated rings. The molecule has 1 heterocycles. The van der Waals surface area contributed by atoms with Crippen LogP contribution in [0.4, 0.5) is 5.95 Å². The fraction of sp³-hybridized carbons (Fsp3) is 0.231. The van der Waals surface area contributed by atoms with Gasteiger partial charge in [0, 0.05) is 18.8 Å². The largest absolute Gasteiger partial charge is 0.494 e. The minimum absolute atomic E-state index is 0.622. The average molecular weight is 229 g/mol. The zero-order chi connectivity index (χ0) is 12.1. The van der Waals surface area contributed by atoms with Gasteiger partial charge in [-0.2, -0.15) is 0 Å². The van der Waals surface area contributed by atoms with Crippen LogP contribution in [-0.2, 0) is 0 Å². The molecule has 4 nitrogen and oxygen atoms in total. The van der Waals surface area contributed by atoms with Crippen LogP contribution in [-0.4, -0.2) is 23.6 Å². The molecule has 0 aliphatic heterocycles. The standard InChI is InChI=1S/C13H15N3O/c1-3-17-11-6-4-10(5-7-11)12-8-9-15-13(14-2)16-12/h4-9H,3H2,1-2H3,(H,14,15,16). The molecule has 0 saturated carbocycles. The molecule has 2 aromatic rings. The molecule has 2 rings (SSSR count). The maximum absolute atomic E-state index is 5.40. The van der Waals surface area contributed by atoms with Gasteiger partial charge < -0.3 is 10.1 Å². The maximum Gasteiger partial charge on any atom is 0.222 e. The molecule has 4 heteroatoms. The van der Waals surface area contributed by atoms with Gasteiger partial charge in [0.1, 0.15) is 5.75 Å². The van der Waals surface area contributed by atoms with Crippen molar-refractivity contribution in [2.45, 2.75) is 6.92 Å². The molecule has 0 unspecified atom stereocenters. The lowest BCUT2D eigenvalue weighted by molar-refractivity contribution is 0.340. The monoisotopic (exact) mass is 229 g/mol. The summed E-state index contributed by atoms with van der Waals surface area (Å²) in [5, 5.41) is 2.92. The van der Waals surface area contributed by atoms with Crippen molar-refractivity contribution in [1.82, 2.24) is 9.97 Å². The summed E-state index contributed by atoms with van der Waals surface area (Å²) in [6, 6.07) is 9.76. The minimum atomic E-state index is 0.622. The first-order valence-electron chi connectivity index (χ1n) is 5.57. The van der Waals surface area contributed by atoms with Crippen molar-refractivity contribution in [2.75, 3.05) is 19.0 Å². The van der Waals surface area contributed by atoms with Crippen LogP contribution in [0, 0.1) is 0 Å². The van der Waals surface area contributed by atoms with Gasteiger partial charge in [-0.25, -0.2) is 9.97 Å². The fourth-order valence-electron chi connectivity index (χ4n) is 1.53. The van der Waals surface area contributed by atoms with E-state index in [1.807, 2.05) is 37.3 Å². The van der Waals surface area contributed by atoms with E-state index < -0.39 is 0 Å². The lowest BCUT2D eigenvalue weighted by Gasteiger charge is -2.05. The normalized spacial score (nSPS) is 10.0. The smallest absolute Gasteiger partial charge is 0.222 e. The molecule has 0 atom stereocenters. The molecule has 0 saturated heterocycles. The second kappa shape index (κ2) is 5.30. The first kappa shape index (κ1) is 11.4. The molecular weight excluding hydrogens is 214 g/mol. The quantitative estimate of drug-likeness (QED) is 0.875. The Balaban J connectivity index is 2.26. The van der Waals surface area contributed by atoms with Gasteiger partial charge in [0.25, 0.3) is 0 Å². The Morgan fingerprint density at radius 1 is 1.18 bits per heavy atom. The number of ether oxygens (including phenoxy) is 1. The number of aromatic nitrogens is 2. The lowest BCUT2D eigenvalue weighted by Crippen LogP contribution is -1.96. The van der Waals surface area contributed by atoms with Crippen molar-refractivity contribution < 1.29 is 4.74 Å². The molecule has 0 aliphatic carbocycles. The summed E-state index contributed by atoms with van der Waals surface area (Å²) >= 11 is 0. The van der Waals surface area contributed by atoms with Crippen LogP contribution in [0.2, 0.25) is 0 Å². The molecule has 1 aromatic carbocycles. The van der Waals surface area contributed by atoms with E-state index in [0.717, 1.165) is 17.0 Å². The zero-order valence-corrected chi connectivity index (χ0v) is 9.97. The number of nitrogens with one attached hydrogen (secondary N) is 1. The van der Waals surface area contributed by atoms with Gasteiger partial charge in [0.05, 0.1) is 12.3 Å². The van der Waals surface area contributed by atoms with E-state index in [2.05, 4.69) is 15.3 Å². The number of benzene rings is 1. The van der Waals surface area contributed by atoms with Gasteiger partial charge in [-0.3, -0.25) is 0 Å². The highest BCUT2D eigenvalue weighted by atomic mass is 16.5. The predicted octanol–water partition coefficient (Wildman–Crippen LogP) is 2.58. The highest BCUT2D eigenvalue weighted by Gasteiger charge is 2.01. The Kier molecular flexibility index (Phi) is 3.55. The van der Waals surface area contributed by atoms with Crippen LogP contribution >= 0.6 is 0 Å². The Bertz CT molecular complexity index is 482.